The van der Waals surface area contributed by atoms with Crippen molar-refractivity contribution in [1.29, 1.82) is 0 Å². The van der Waals surface area contributed by atoms with E-state index in [4.69, 9.17) is 9.47 Å². The van der Waals surface area contributed by atoms with Gasteiger partial charge in [-0.25, -0.2) is 0 Å². The third-order valence-electron chi connectivity index (χ3n) is 3.04. The number of rotatable bonds is 7. The maximum Gasteiger partial charge on any atom is 0.321 e. The fourth-order valence-electron chi connectivity index (χ4n) is 1.90. The van der Waals surface area contributed by atoms with E-state index in [9.17, 15) is 14.4 Å². The number of nitrogens with one attached hydrogen (secondary N) is 1. The van der Waals surface area contributed by atoms with Gasteiger partial charge in [0.25, 0.3) is 0 Å². The number of anilines is 1. The number of hydrogen-bond acceptors (Lipinski definition) is 5. The van der Waals surface area contributed by atoms with Crippen LogP contribution in [0.1, 0.15) is 20.8 Å². The van der Waals surface area contributed by atoms with Crippen LogP contribution in [0, 0.1) is 11.8 Å². The molecule has 22 heavy (non-hydrogen) atoms. The summed E-state index contributed by atoms with van der Waals surface area (Å²) < 4.78 is 9.75. The molecule has 0 radical (unpaired) electrons. The van der Waals surface area contributed by atoms with E-state index in [-0.39, 0.29) is 13.2 Å². The van der Waals surface area contributed by atoms with Crippen LogP contribution in [0.5, 0.6) is 0 Å². The van der Waals surface area contributed by atoms with E-state index in [1.54, 1.807) is 38.1 Å². The Bertz CT molecular complexity index is 497. The van der Waals surface area contributed by atoms with Gasteiger partial charge in [-0.2, -0.15) is 0 Å². The average molecular weight is 307 g/mol. The van der Waals surface area contributed by atoms with E-state index in [0.717, 1.165) is 0 Å². The third-order valence-corrected chi connectivity index (χ3v) is 3.04. The predicted octanol–water partition coefficient (Wildman–Crippen LogP) is 2.00. The van der Waals surface area contributed by atoms with Gasteiger partial charge in [0, 0.05) is 5.69 Å². The number of benzene rings is 1. The molecule has 1 amide bonds. The average Bonchev–Trinajstić information content (AvgIpc) is 2.49. The van der Waals surface area contributed by atoms with Crippen molar-refractivity contribution in [3.63, 3.8) is 0 Å². The van der Waals surface area contributed by atoms with Crippen LogP contribution in [0.2, 0.25) is 0 Å². The van der Waals surface area contributed by atoms with Gasteiger partial charge in [-0.05, 0) is 26.0 Å². The summed E-state index contributed by atoms with van der Waals surface area (Å²) in [4.78, 5) is 36.2. The molecule has 0 saturated carbocycles. The lowest BCUT2D eigenvalue weighted by molar-refractivity contribution is -0.165. The maximum absolute atomic E-state index is 12.2. The monoisotopic (exact) mass is 307 g/mol. The highest BCUT2D eigenvalue weighted by molar-refractivity contribution is 6.03. The molecule has 6 heteroatoms. The van der Waals surface area contributed by atoms with Gasteiger partial charge in [-0.3, -0.25) is 14.4 Å². The summed E-state index contributed by atoms with van der Waals surface area (Å²) in [5, 5.41) is 2.66. The summed E-state index contributed by atoms with van der Waals surface area (Å²) in [7, 11) is 0. The van der Waals surface area contributed by atoms with Crippen LogP contribution in [-0.2, 0) is 23.9 Å². The Kier molecular flexibility index (Phi) is 7.08. The second-order valence-corrected chi connectivity index (χ2v) is 4.63. The zero-order valence-corrected chi connectivity index (χ0v) is 13.0. The minimum atomic E-state index is -1.27. The van der Waals surface area contributed by atoms with E-state index in [1.165, 1.54) is 6.92 Å². The van der Waals surface area contributed by atoms with Crippen LogP contribution in [0.4, 0.5) is 5.69 Å². The van der Waals surface area contributed by atoms with Crippen LogP contribution in [0.25, 0.3) is 0 Å². The van der Waals surface area contributed by atoms with Crippen molar-refractivity contribution in [3.05, 3.63) is 30.3 Å². The second-order valence-electron chi connectivity index (χ2n) is 4.63. The standard InChI is InChI=1S/C16H21NO5/c1-4-21-15(19)13(16(20)22-5-2)11(3)14(18)17-12-9-7-6-8-10-12/h6-11,13H,4-5H2,1-3H3,(H,17,18). The molecule has 1 rings (SSSR count). The number of ether oxygens (including phenoxy) is 2. The maximum atomic E-state index is 12.2. The van der Waals surface area contributed by atoms with Gasteiger partial charge in [-0.15, -0.1) is 0 Å². The molecule has 0 aliphatic carbocycles. The zero-order valence-electron chi connectivity index (χ0n) is 13.0. The Morgan fingerprint density at radius 3 is 1.95 bits per heavy atom. The second kappa shape index (κ2) is 8.81. The Balaban J connectivity index is 2.85. The molecule has 0 fully saturated rings. The van der Waals surface area contributed by atoms with Crippen molar-refractivity contribution in [3.8, 4) is 0 Å². The first-order valence-electron chi connectivity index (χ1n) is 7.20. The fraction of sp³-hybridized carbons (Fsp3) is 0.438. The van der Waals surface area contributed by atoms with E-state index in [0.29, 0.717) is 5.69 Å². The lowest BCUT2D eigenvalue weighted by atomic mass is 9.93. The lowest BCUT2D eigenvalue weighted by Gasteiger charge is -2.20. The first kappa shape index (κ1) is 17.7. The number of para-hydroxylation sites is 1. The van der Waals surface area contributed by atoms with Crippen molar-refractivity contribution >= 4 is 23.5 Å². The summed E-state index contributed by atoms with van der Waals surface area (Å²) in [5.41, 5.74) is 0.589. The van der Waals surface area contributed by atoms with Gasteiger partial charge in [-0.1, -0.05) is 25.1 Å². The van der Waals surface area contributed by atoms with Crippen molar-refractivity contribution in [2.75, 3.05) is 18.5 Å². The minimum absolute atomic E-state index is 0.127. The molecular formula is C16H21NO5. The third kappa shape index (κ3) is 4.87. The molecule has 1 aromatic carbocycles. The number of hydrogen-bond donors (Lipinski definition) is 1. The van der Waals surface area contributed by atoms with Crippen molar-refractivity contribution in [1.82, 2.24) is 0 Å². The van der Waals surface area contributed by atoms with E-state index < -0.39 is 29.7 Å². The quantitative estimate of drug-likeness (QED) is 0.615. The van der Waals surface area contributed by atoms with Gasteiger partial charge < -0.3 is 14.8 Å². The largest absolute Gasteiger partial charge is 0.465 e. The molecular weight excluding hydrogens is 286 g/mol. The highest BCUT2D eigenvalue weighted by Crippen LogP contribution is 2.18. The summed E-state index contributed by atoms with van der Waals surface area (Å²) in [5.74, 6) is -4.13. The zero-order chi connectivity index (χ0) is 16.5. The molecule has 0 heterocycles. The van der Waals surface area contributed by atoms with Crippen molar-refractivity contribution < 1.29 is 23.9 Å². The molecule has 1 atom stereocenters. The Labute approximate surface area is 129 Å². The minimum Gasteiger partial charge on any atom is -0.465 e. The SMILES string of the molecule is CCOC(=O)C(C(=O)OCC)C(C)C(=O)Nc1ccccc1. The van der Waals surface area contributed by atoms with Gasteiger partial charge in [0.2, 0.25) is 5.91 Å². The molecule has 1 unspecified atom stereocenters. The smallest absolute Gasteiger partial charge is 0.321 e. The van der Waals surface area contributed by atoms with E-state index in [1.807, 2.05) is 6.07 Å². The Morgan fingerprint density at radius 2 is 1.50 bits per heavy atom. The number of carbonyl (C=O) groups excluding carboxylic acids is 3. The summed E-state index contributed by atoms with van der Waals surface area (Å²) in [6, 6.07) is 8.80. The van der Waals surface area contributed by atoms with Crippen LogP contribution < -0.4 is 5.32 Å². The van der Waals surface area contributed by atoms with E-state index in [2.05, 4.69) is 5.32 Å². The predicted molar refractivity (Wildman–Crippen MR) is 81.0 cm³/mol. The normalized spacial score (nSPS) is 11.6. The topological polar surface area (TPSA) is 81.7 Å². The molecule has 0 saturated heterocycles. The molecule has 0 aromatic heterocycles. The fourth-order valence-corrected chi connectivity index (χ4v) is 1.90. The van der Waals surface area contributed by atoms with Gasteiger partial charge in [0.05, 0.1) is 19.1 Å². The highest BCUT2D eigenvalue weighted by atomic mass is 16.6. The first-order valence-corrected chi connectivity index (χ1v) is 7.20. The Morgan fingerprint density at radius 1 is 1.00 bits per heavy atom. The Hall–Kier alpha value is -2.37. The number of carbonyl (C=O) groups is 3. The molecule has 6 nitrogen and oxygen atoms in total. The lowest BCUT2D eigenvalue weighted by Crippen LogP contribution is -2.39. The molecule has 120 valence electrons. The van der Waals surface area contributed by atoms with Crippen LogP contribution in [-0.4, -0.2) is 31.1 Å². The van der Waals surface area contributed by atoms with E-state index >= 15 is 0 Å². The van der Waals surface area contributed by atoms with Gasteiger partial charge in [0.15, 0.2) is 5.92 Å². The number of esters is 2. The van der Waals surface area contributed by atoms with Crippen molar-refractivity contribution in [2.24, 2.45) is 11.8 Å². The first-order chi connectivity index (χ1) is 10.5. The van der Waals surface area contributed by atoms with Crippen LogP contribution >= 0.6 is 0 Å². The summed E-state index contributed by atoms with van der Waals surface area (Å²) in [6.07, 6.45) is 0. The van der Waals surface area contributed by atoms with Gasteiger partial charge in [0.1, 0.15) is 0 Å². The van der Waals surface area contributed by atoms with Crippen molar-refractivity contribution in [2.45, 2.75) is 20.8 Å². The molecule has 0 bridgehead atoms. The molecule has 0 spiro atoms. The van der Waals surface area contributed by atoms with Crippen LogP contribution in [0.3, 0.4) is 0 Å². The molecule has 0 aliphatic rings. The number of amides is 1. The van der Waals surface area contributed by atoms with Crippen LogP contribution in [0.15, 0.2) is 30.3 Å². The summed E-state index contributed by atoms with van der Waals surface area (Å²) >= 11 is 0. The summed E-state index contributed by atoms with van der Waals surface area (Å²) in [6.45, 7) is 5.02. The molecule has 0 aliphatic heterocycles. The molecule has 1 aromatic rings. The molecule has 1 N–H and O–H groups in total. The van der Waals surface area contributed by atoms with Gasteiger partial charge >= 0.3 is 11.9 Å². The highest BCUT2D eigenvalue weighted by Gasteiger charge is 2.38.